The Kier molecular flexibility index (Phi) is 12.7. The Morgan fingerprint density at radius 1 is 1.12 bits per heavy atom. The van der Waals surface area contributed by atoms with Crippen molar-refractivity contribution in [1.82, 2.24) is 4.98 Å². The Balaban J connectivity index is 1.76. The number of hydrogen-bond acceptors (Lipinski definition) is 7. The van der Waals surface area contributed by atoms with E-state index in [4.69, 9.17) is 37.4 Å². The average molecular weight is 620 g/mol. The van der Waals surface area contributed by atoms with Crippen LogP contribution in [-0.2, 0) is 14.3 Å². The quantitative estimate of drug-likeness (QED) is 0.110. The van der Waals surface area contributed by atoms with Crippen LogP contribution in [0.4, 0.5) is 5.13 Å². The zero-order valence-corrected chi connectivity index (χ0v) is 26.3. The Hall–Kier alpha value is -2.91. The molecule has 7 nitrogen and oxygen atoms in total. The van der Waals surface area contributed by atoms with E-state index in [2.05, 4.69) is 17.2 Å². The minimum absolute atomic E-state index is 0.141. The molecule has 1 heterocycles. The van der Waals surface area contributed by atoms with E-state index >= 15 is 0 Å². The van der Waals surface area contributed by atoms with E-state index < -0.39 is 11.9 Å². The lowest BCUT2D eigenvalue weighted by atomic mass is 10.0. The largest absolute Gasteiger partial charge is 0.496 e. The number of unbranched alkanes of at least 4 members (excludes halogenated alkanes) is 3. The third-order valence-corrected chi connectivity index (χ3v) is 7.74. The SMILES string of the molecule is CCCCCCO[C@@H](C)c1cccc(-c2csc(NC(=O)c3cc(Cl)c(/C=C(/C)C(=O)OCC)c(Cl)c3)n2)c1OC. The number of esters is 1. The van der Waals surface area contributed by atoms with Crippen LogP contribution in [0.5, 0.6) is 5.75 Å². The van der Waals surface area contributed by atoms with Crippen molar-refractivity contribution in [3.63, 3.8) is 0 Å². The highest BCUT2D eigenvalue weighted by atomic mass is 35.5. The molecule has 220 valence electrons. The van der Waals surface area contributed by atoms with Crippen molar-refractivity contribution in [2.24, 2.45) is 0 Å². The number of halogens is 2. The Morgan fingerprint density at radius 3 is 2.51 bits per heavy atom. The summed E-state index contributed by atoms with van der Waals surface area (Å²) in [5, 5.41) is 5.55. The Labute approximate surface area is 255 Å². The van der Waals surface area contributed by atoms with Crippen LogP contribution in [0.15, 0.2) is 41.3 Å². The molecule has 0 radical (unpaired) electrons. The van der Waals surface area contributed by atoms with Crippen molar-refractivity contribution in [2.75, 3.05) is 25.6 Å². The minimum Gasteiger partial charge on any atom is -0.496 e. The predicted molar refractivity (Wildman–Crippen MR) is 167 cm³/mol. The monoisotopic (exact) mass is 618 g/mol. The first-order valence-corrected chi connectivity index (χ1v) is 15.2. The number of amides is 1. The number of rotatable bonds is 14. The van der Waals surface area contributed by atoms with Crippen LogP contribution in [0.2, 0.25) is 10.0 Å². The molecule has 41 heavy (non-hydrogen) atoms. The number of nitrogens with one attached hydrogen (secondary N) is 1. The molecule has 3 aromatic rings. The lowest BCUT2D eigenvalue weighted by Gasteiger charge is -2.18. The lowest BCUT2D eigenvalue weighted by molar-refractivity contribution is -0.138. The van der Waals surface area contributed by atoms with Crippen LogP contribution in [-0.4, -0.2) is 37.2 Å². The molecule has 1 aromatic heterocycles. The number of methoxy groups -OCH3 is 1. The maximum atomic E-state index is 13.0. The summed E-state index contributed by atoms with van der Waals surface area (Å²) in [6, 6.07) is 8.87. The Bertz CT molecular complexity index is 1370. The molecular formula is C31H36Cl2N2O5S. The van der Waals surface area contributed by atoms with Crippen molar-refractivity contribution >= 4 is 57.6 Å². The molecule has 0 unspecified atom stereocenters. The van der Waals surface area contributed by atoms with E-state index in [1.54, 1.807) is 21.0 Å². The summed E-state index contributed by atoms with van der Waals surface area (Å²) in [6.45, 7) is 8.49. The third kappa shape index (κ3) is 8.79. The van der Waals surface area contributed by atoms with Gasteiger partial charge >= 0.3 is 5.97 Å². The van der Waals surface area contributed by atoms with Gasteiger partial charge in [0.2, 0.25) is 0 Å². The van der Waals surface area contributed by atoms with E-state index in [1.807, 2.05) is 30.5 Å². The number of benzene rings is 2. The molecule has 0 aliphatic heterocycles. The fourth-order valence-corrected chi connectivity index (χ4v) is 5.48. The van der Waals surface area contributed by atoms with Gasteiger partial charge in [-0.25, -0.2) is 9.78 Å². The van der Waals surface area contributed by atoms with Gasteiger partial charge in [-0.05, 0) is 51.5 Å². The summed E-state index contributed by atoms with van der Waals surface area (Å²) in [5.41, 5.74) is 3.45. The summed E-state index contributed by atoms with van der Waals surface area (Å²) in [6.07, 6.45) is 5.97. The van der Waals surface area contributed by atoms with Gasteiger partial charge in [0.1, 0.15) is 5.75 Å². The number of carbonyl (C=O) groups excluding carboxylic acids is 2. The number of thiazole rings is 1. The van der Waals surface area contributed by atoms with Gasteiger partial charge in [0.25, 0.3) is 5.91 Å². The molecule has 0 saturated heterocycles. The van der Waals surface area contributed by atoms with E-state index in [1.165, 1.54) is 42.4 Å². The van der Waals surface area contributed by atoms with Gasteiger partial charge in [0, 0.05) is 39.8 Å². The number of anilines is 1. The second-order valence-electron chi connectivity index (χ2n) is 9.40. The van der Waals surface area contributed by atoms with Crippen LogP contribution in [0, 0.1) is 0 Å². The summed E-state index contributed by atoms with van der Waals surface area (Å²) < 4.78 is 16.9. The molecule has 10 heteroatoms. The summed E-state index contributed by atoms with van der Waals surface area (Å²) >= 11 is 14.1. The number of ether oxygens (including phenoxy) is 3. The van der Waals surface area contributed by atoms with Crippen LogP contribution in [0.25, 0.3) is 17.3 Å². The molecule has 1 atom stereocenters. The van der Waals surface area contributed by atoms with Crippen molar-refractivity contribution in [2.45, 2.75) is 59.5 Å². The van der Waals surface area contributed by atoms with Gasteiger partial charge < -0.3 is 14.2 Å². The summed E-state index contributed by atoms with van der Waals surface area (Å²) in [7, 11) is 1.63. The predicted octanol–water partition coefficient (Wildman–Crippen LogP) is 9.00. The number of para-hydroxylation sites is 1. The van der Waals surface area contributed by atoms with E-state index in [0.717, 1.165) is 24.0 Å². The minimum atomic E-state index is -0.465. The van der Waals surface area contributed by atoms with Gasteiger partial charge in [-0.1, -0.05) is 61.5 Å². The Morgan fingerprint density at radius 2 is 1.85 bits per heavy atom. The molecule has 0 aliphatic carbocycles. The second-order valence-corrected chi connectivity index (χ2v) is 11.1. The highest BCUT2D eigenvalue weighted by Crippen LogP contribution is 2.38. The molecule has 0 aliphatic rings. The van der Waals surface area contributed by atoms with E-state index in [9.17, 15) is 9.59 Å². The molecule has 1 N–H and O–H groups in total. The topological polar surface area (TPSA) is 86.8 Å². The first kappa shape index (κ1) is 32.6. The smallest absolute Gasteiger partial charge is 0.333 e. The second kappa shape index (κ2) is 15.9. The number of carbonyl (C=O) groups is 2. The highest BCUT2D eigenvalue weighted by Gasteiger charge is 2.20. The normalized spacial score (nSPS) is 12.2. The highest BCUT2D eigenvalue weighted by molar-refractivity contribution is 7.14. The standard InChI is InChI=1S/C31H36Cl2N2O5S/c1-6-8-9-10-14-40-20(4)22-12-11-13-23(28(22)38-5)27-18-41-31(34-27)35-29(36)21-16-25(32)24(26(33)17-21)15-19(3)30(37)39-7-2/h11-13,15-18,20H,6-10,14H2,1-5H3,(H,34,35,36)/b19-15-/t20-/m0/s1. The average Bonchev–Trinajstić information content (AvgIpc) is 3.42. The molecule has 0 spiro atoms. The van der Waals surface area contributed by atoms with Gasteiger partial charge in [-0.2, -0.15) is 0 Å². The lowest BCUT2D eigenvalue weighted by Crippen LogP contribution is -2.12. The van der Waals surface area contributed by atoms with E-state index in [-0.39, 0.29) is 28.3 Å². The molecule has 3 rings (SSSR count). The molecule has 1 amide bonds. The number of aromatic nitrogens is 1. The zero-order chi connectivity index (χ0) is 29.9. The maximum Gasteiger partial charge on any atom is 0.333 e. The molecule has 0 saturated carbocycles. The molecule has 0 bridgehead atoms. The molecule has 0 fully saturated rings. The van der Waals surface area contributed by atoms with Crippen LogP contribution >= 0.6 is 34.5 Å². The van der Waals surface area contributed by atoms with Crippen molar-refractivity contribution in [3.05, 3.63) is 68.0 Å². The van der Waals surface area contributed by atoms with Crippen LogP contribution in [0.3, 0.4) is 0 Å². The van der Waals surface area contributed by atoms with Gasteiger partial charge in [0.05, 0.1) is 35.6 Å². The van der Waals surface area contributed by atoms with Crippen molar-refractivity contribution in [1.29, 1.82) is 0 Å². The molecule has 2 aromatic carbocycles. The van der Waals surface area contributed by atoms with Gasteiger partial charge in [0.15, 0.2) is 5.13 Å². The zero-order valence-electron chi connectivity index (χ0n) is 24.0. The van der Waals surface area contributed by atoms with Crippen LogP contribution in [0.1, 0.15) is 81.0 Å². The fourth-order valence-electron chi connectivity index (χ4n) is 4.18. The summed E-state index contributed by atoms with van der Waals surface area (Å²) in [4.78, 5) is 29.6. The number of nitrogens with zero attached hydrogens (tertiary/aromatic N) is 1. The van der Waals surface area contributed by atoms with Crippen molar-refractivity contribution < 1.29 is 23.8 Å². The van der Waals surface area contributed by atoms with Crippen molar-refractivity contribution in [3.8, 4) is 17.0 Å². The third-order valence-electron chi connectivity index (χ3n) is 6.35. The first-order chi connectivity index (χ1) is 19.7. The van der Waals surface area contributed by atoms with Crippen LogP contribution < -0.4 is 10.1 Å². The summed E-state index contributed by atoms with van der Waals surface area (Å²) in [5.74, 6) is -0.192. The van der Waals surface area contributed by atoms with Gasteiger partial charge in [-0.3, -0.25) is 10.1 Å². The first-order valence-electron chi connectivity index (χ1n) is 13.6. The number of hydrogen-bond donors (Lipinski definition) is 1. The maximum absolute atomic E-state index is 13.0. The molecular weight excluding hydrogens is 583 g/mol. The van der Waals surface area contributed by atoms with E-state index in [0.29, 0.717) is 34.3 Å². The fraction of sp³-hybridized carbons (Fsp3) is 0.387. The van der Waals surface area contributed by atoms with Gasteiger partial charge in [-0.15, -0.1) is 11.3 Å².